The van der Waals surface area contributed by atoms with Gasteiger partial charge in [-0.2, -0.15) is 0 Å². The van der Waals surface area contributed by atoms with E-state index >= 15 is 0 Å². The van der Waals surface area contributed by atoms with Crippen LogP contribution < -0.4 is 0 Å². The van der Waals surface area contributed by atoms with Gasteiger partial charge in [-0.05, 0) is 31.4 Å². The van der Waals surface area contributed by atoms with Crippen molar-refractivity contribution in [2.45, 2.75) is 31.9 Å². The molecule has 0 radical (unpaired) electrons. The molecule has 116 valence electrons. The molecule has 0 aromatic carbocycles. The van der Waals surface area contributed by atoms with Crippen LogP contribution in [-0.2, 0) is 16.0 Å². The molecule has 2 aliphatic rings. The summed E-state index contributed by atoms with van der Waals surface area (Å²) in [5.74, 6) is 1.03. The molecule has 3 heterocycles. The second kappa shape index (κ2) is 6.77. The summed E-state index contributed by atoms with van der Waals surface area (Å²) >= 11 is 0. The van der Waals surface area contributed by atoms with E-state index < -0.39 is 0 Å². The zero-order chi connectivity index (χ0) is 14.5. The van der Waals surface area contributed by atoms with E-state index in [-0.39, 0.29) is 5.41 Å². The normalized spacial score (nSPS) is 30.0. The maximum atomic E-state index is 6.04. The van der Waals surface area contributed by atoms with Crippen molar-refractivity contribution in [3.05, 3.63) is 36.8 Å². The number of ether oxygens (including phenoxy) is 2. The highest BCUT2D eigenvalue weighted by molar-refractivity contribution is 5.01. The molecule has 0 saturated carbocycles. The highest BCUT2D eigenvalue weighted by atomic mass is 16.5. The van der Waals surface area contributed by atoms with Crippen LogP contribution in [0.4, 0.5) is 0 Å². The lowest BCUT2D eigenvalue weighted by Crippen LogP contribution is -2.56. The molecule has 4 heteroatoms. The van der Waals surface area contributed by atoms with Crippen LogP contribution in [0.3, 0.4) is 0 Å². The molecule has 1 aromatic heterocycles. The Morgan fingerprint density at radius 2 is 2.48 bits per heavy atom. The van der Waals surface area contributed by atoms with Crippen molar-refractivity contribution in [2.75, 3.05) is 32.9 Å². The van der Waals surface area contributed by atoms with E-state index in [2.05, 4.69) is 11.5 Å². The summed E-state index contributed by atoms with van der Waals surface area (Å²) < 4.78 is 17.3. The molecule has 0 aliphatic carbocycles. The monoisotopic (exact) mass is 291 g/mol. The van der Waals surface area contributed by atoms with Gasteiger partial charge in [0.25, 0.3) is 0 Å². The fraction of sp³-hybridized carbons (Fsp3) is 0.647. The molecule has 0 bridgehead atoms. The van der Waals surface area contributed by atoms with Gasteiger partial charge in [-0.25, -0.2) is 0 Å². The van der Waals surface area contributed by atoms with Gasteiger partial charge in [0, 0.05) is 25.1 Å². The van der Waals surface area contributed by atoms with Gasteiger partial charge in [0.05, 0.1) is 32.1 Å². The first-order valence-electron chi connectivity index (χ1n) is 7.87. The molecule has 3 rings (SSSR count). The van der Waals surface area contributed by atoms with Crippen LogP contribution in [-0.4, -0.2) is 43.9 Å². The number of rotatable bonds is 6. The standard InChI is InChI=1S/C17H25NO3/c1-2-9-19-14-17-7-4-11-21-16(17)6-8-18(13-17)12-15-5-3-10-20-15/h2-3,5,10,16H,1,4,6-9,11-14H2. The first-order valence-corrected chi connectivity index (χ1v) is 7.87. The number of furan rings is 1. The molecule has 0 N–H and O–H groups in total. The summed E-state index contributed by atoms with van der Waals surface area (Å²) in [4.78, 5) is 2.47. The predicted octanol–water partition coefficient (Wildman–Crippen LogP) is 2.85. The minimum absolute atomic E-state index is 0.131. The van der Waals surface area contributed by atoms with Gasteiger partial charge in [-0.15, -0.1) is 6.58 Å². The number of nitrogens with zero attached hydrogens (tertiary/aromatic N) is 1. The molecule has 2 saturated heterocycles. The van der Waals surface area contributed by atoms with Gasteiger partial charge >= 0.3 is 0 Å². The van der Waals surface area contributed by atoms with Crippen LogP contribution in [0, 0.1) is 5.41 Å². The van der Waals surface area contributed by atoms with Crippen LogP contribution in [0.15, 0.2) is 35.5 Å². The second-order valence-electron chi connectivity index (χ2n) is 6.21. The van der Waals surface area contributed by atoms with Crippen LogP contribution in [0.25, 0.3) is 0 Å². The Bertz CT molecular complexity index is 445. The molecule has 21 heavy (non-hydrogen) atoms. The molecule has 2 aliphatic heterocycles. The molecule has 0 spiro atoms. The Morgan fingerprint density at radius 1 is 1.52 bits per heavy atom. The van der Waals surface area contributed by atoms with Crippen molar-refractivity contribution in [1.29, 1.82) is 0 Å². The number of piperidine rings is 1. The predicted molar refractivity (Wildman–Crippen MR) is 81.0 cm³/mol. The molecule has 2 atom stereocenters. The largest absolute Gasteiger partial charge is 0.468 e. The Morgan fingerprint density at radius 3 is 3.29 bits per heavy atom. The average molecular weight is 291 g/mol. The molecule has 0 amide bonds. The Balaban J connectivity index is 1.66. The summed E-state index contributed by atoms with van der Waals surface area (Å²) in [5, 5.41) is 0. The second-order valence-corrected chi connectivity index (χ2v) is 6.21. The summed E-state index contributed by atoms with van der Waals surface area (Å²) in [6, 6.07) is 4.00. The molecular formula is C17H25NO3. The lowest BCUT2D eigenvalue weighted by atomic mass is 9.73. The van der Waals surface area contributed by atoms with Gasteiger partial charge < -0.3 is 13.9 Å². The van der Waals surface area contributed by atoms with Gasteiger partial charge in [-0.1, -0.05) is 6.08 Å². The number of likely N-dealkylation sites (tertiary alicyclic amines) is 1. The quantitative estimate of drug-likeness (QED) is 0.596. The van der Waals surface area contributed by atoms with E-state index in [0.29, 0.717) is 12.7 Å². The molecule has 4 nitrogen and oxygen atoms in total. The van der Waals surface area contributed by atoms with Crippen LogP contribution in [0.2, 0.25) is 0 Å². The van der Waals surface area contributed by atoms with Crippen molar-refractivity contribution in [1.82, 2.24) is 4.90 Å². The van der Waals surface area contributed by atoms with Crippen LogP contribution in [0.1, 0.15) is 25.0 Å². The molecule has 2 unspecified atom stereocenters. The minimum atomic E-state index is 0.131. The van der Waals surface area contributed by atoms with Crippen molar-refractivity contribution in [3.8, 4) is 0 Å². The highest BCUT2D eigenvalue weighted by Crippen LogP contribution is 2.40. The van der Waals surface area contributed by atoms with Crippen molar-refractivity contribution >= 4 is 0 Å². The SMILES string of the molecule is C=CCOCC12CCCOC1CCN(Cc1ccco1)C2. The van der Waals surface area contributed by atoms with Gasteiger partial charge in [-0.3, -0.25) is 4.90 Å². The summed E-state index contributed by atoms with van der Waals surface area (Å²) in [5.41, 5.74) is 0.131. The van der Waals surface area contributed by atoms with Crippen molar-refractivity contribution < 1.29 is 13.9 Å². The number of hydrogen-bond acceptors (Lipinski definition) is 4. The first kappa shape index (κ1) is 14.8. The molecular weight excluding hydrogens is 266 g/mol. The average Bonchev–Trinajstić information content (AvgIpc) is 3.00. The summed E-state index contributed by atoms with van der Waals surface area (Å²) in [6.07, 6.45) is 7.29. The fourth-order valence-corrected chi connectivity index (χ4v) is 3.70. The van der Waals surface area contributed by atoms with E-state index in [0.717, 1.165) is 51.4 Å². The topological polar surface area (TPSA) is 34.8 Å². The lowest BCUT2D eigenvalue weighted by Gasteiger charge is -2.50. The first-order chi connectivity index (χ1) is 10.3. The highest BCUT2D eigenvalue weighted by Gasteiger charge is 2.46. The Kier molecular flexibility index (Phi) is 4.78. The van der Waals surface area contributed by atoms with Gasteiger partial charge in [0.15, 0.2) is 0 Å². The van der Waals surface area contributed by atoms with Crippen LogP contribution in [0.5, 0.6) is 0 Å². The Labute approximate surface area is 126 Å². The Hall–Kier alpha value is -1.10. The third-order valence-corrected chi connectivity index (χ3v) is 4.65. The van der Waals surface area contributed by atoms with E-state index in [1.807, 2.05) is 18.2 Å². The third-order valence-electron chi connectivity index (χ3n) is 4.65. The van der Waals surface area contributed by atoms with E-state index in [4.69, 9.17) is 13.9 Å². The maximum Gasteiger partial charge on any atom is 0.117 e. The van der Waals surface area contributed by atoms with Gasteiger partial charge in [0.1, 0.15) is 5.76 Å². The lowest BCUT2D eigenvalue weighted by molar-refractivity contribution is -0.152. The zero-order valence-electron chi connectivity index (χ0n) is 12.6. The van der Waals surface area contributed by atoms with Crippen LogP contribution >= 0.6 is 0 Å². The molecule has 1 aromatic rings. The number of hydrogen-bond donors (Lipinski definition) is 0. The zero-order valence-corrected chi connectivity index (χ0v) is 12.6. The van der Waals surface area contributed by atoms with Gasteiger partial charge in [0.2, 0.25) is 0 Å². The third kappa shape index (κ3) is 3.39. The number of fused-ring (bicyclic) bond motifs is 1. The van der Waals surface area contributed by atoms with E-state index in [9.17, 15) is 0 Å². The summed E-state index contributed by atoms with van der Waals surface area (Å²) in [6.45, 7) is 8.97. The minimum Gasteiger partial charge on any atom is -0.468 e. The van der Waals surface area contributed by atoms with E-state index in [1.165, 1.54) is 6.42 Å². The maximum absolute atomic E-state index is 6.04. The van der Waals surface area contributed by atoms with Crippen molar-refractivity contribution in [2.24, 2.45) is 5.41 Å². The van der Waals surface area contributed by atoms with E-state index in [1.54, 1.807) is 6.26 Å². The smallest absolute Gasteiger partial charge is 0.117 e. The van der Waals surface area contributed by atoms with Crippen molar-refractivity contribution in [3.63, 3.8) is 0 Å². The molecule has 2 fully saturated rings. The fourth-order valence-electron chi connectivity index (χ4n) is 3.70. The summed E-state index contributed by atoms with van der Waals surface area (Å²) in [7, 11) is 0.